The molecule has 0 aliphatic heterocycles. The van der Waals surface area contributed by atoms with Crippen LogP contribution in [0.4, 0.5) is 18.0 Å². The van der Waals surface area contributed by atoms with Crippen LogP contribution in [0.25, 0.3) is 11.1 Å². The largest absolute Gasteiger partial charge is 0.469 e. The summed E-state index contributed by atoms with van der Waals surface area (Å²) in [5.74, 6) is -0.459. The van der Waals surface area contributed by atoms with Gasteiger partial charge in [-0.1, -0.05) is 43.3 Å². The molecule has 35 heavy (non-hydrogen) atoms. The van der Waals surface area contributed by atoms with E-state index in [1.165, 1.54) is 25.6 Å². The van der Waals surface area contributed by atoms with Gasteiger partial charge in [-0.2, -0.15) is 13.2 Å². The number of ether oxygens (including phenoxy) is 1. The number of benzene rings is 2. The molecule has 1 atom stereocenters. The summed E-state index contributed by atoms with van der Waals surface area (Å²) in [5.41, 5.74) is 1.94. The van der Waals surface area contributed by atoms with Gasteiger partial charge in [0, 0.05) is 24.5 Å². The van der Waals surface area contributed by atoms with Gasteiger partial charge in [0.1, 0.15) is 0 Å². The number of nitrogens with one attached hydrogen (secondary N) is 2. The lowest BCUT2D eigenvalue weighted by molar-refractivity contribution is -0.140. The highest BCUT2D eigenvalue weighted by atomic mass is 19.4. The molecule has 0 fully saturated rings. The first-order valence-electron chi connectivity index (χ1n) is 11.0. The van der Waals surface area contributed by atoms with Gasteiger partial charge in [-0.15, -0.1) is 0 Å². The second-order valence-corrected chi connectivity index (χ2v) is 7.91. The molecule has 0 aliphatic carbocycles. The first-order chi connectivity index (χ1) is 16.7. The Balaban J connectivity index is 1.92. The molecule has 6 nitrogen and oxygen atoms in total. The van der Waals surface area contributed by atoms with Crippen LogP contribution in [0.15, 0.2) is 67.0 Å². The molecule has 0 spiro atoms. The van der Waals surface area contributed by atoms with Crippen LogP contribution in [-0.2, 0) is 28.7 Å². The van der Waals surface area contributed by atoms with Crippen molar-refractivity contribution >= 4 is 12.0 Å². The molecular formula is C26H26F3N3O3. The highest BCUT2D eigenvalue weighted by Crippen LogP contribution is 2.36. The monoisotopic (exact) mass is 485 g/mol. The highest BCUT2D eigenvalue weighted by Gasteiger charge is 2.32. The Kier molecular flexibility index (Phi) is 8.46. The van der Waals surface area contributed by atoms with Gasteiger partial charge in [0.15, 0.2) is 0 Å². The Labute approximate surface area is 201 Å². The molecule has 2 N–H and O–H groups in total. The standard InChI is InChI=1S/C26H26F3N3O3/c1-3-23(32-25(34)31-15-17-7-5-4-6-8-17)22-13-20(26(27,28)29)9-10-21(22)19-11-18(14-30-16-19)12-24(33)35-2/h4-11,13-14,16,23H,3,12,15H2,1-2H3,(H2,31,32,34). The summed E-state index contributed by atoms with van der Waals surface area (Å²) in [6.07, 6.45) is -1.22. The zero-order chi connectivity index (χ0) is 25.4. The van der Waals surface area contributed by atoms with Gasteiger partial charge in [0.25, 0.3) is 0 Å². The predicted molar refractivity (Wildman–Crippen MR) is 125 cm³/mol. The lowest BCUT2D eigenvalue weighted by Crippen LogP contribution is -2.37. The van der Waals surface area contributed by atoms with Gasteiger partial charge in [0.05, 0.1) is 25.1 Å². The first kappa shape index (κ1) is 25.7. The van der Waals surface area contributed by atoms with Crippen LogP contribution in [-0.4, -0.2) is 24.1 Å². The van der Waals surface area contributed by atoms with Crippen LogP contribution >= 0.6 is 0 Å². The number of aromatic nitrogens is 1. The number of amides is 2. The summed E-state index contributed by atoms with van der Waals surface area (Å²) in [6, 6.07) is 13.2. The number of hydrogen-bond acceptors (Lipinski definition) is 4. The molecule has 1 aromatic heterocycles. The maximum atomic E-state index is 13.5. The minimum absolute atomic E-state index is 0.0232. The maximum Gasteiger partial charge on any atom is 0.416 e. The zero-order valence-corrected chi connectivity index (χ0v) is 19.4. The average Bonchev–Trinajstić information content (AvgIpc) is 2.86. The smallest absolute Gasteiger partial charge is 0.416 e. The number of methoxy groups -OCH3 is 1. The SMILES string of the molecule is CCC(NC(=O)NCc1ccccc1)c1cc(C(F)(F)F)ccc1-c1cncc(CC(=O)OC)c1. The number of pyridine rings is 1. The second-order valence-electron chi connectivity index (χ2n) is 7.91. The molecule has 1 heterocycles. The number of nitrogens with zero attached hydrogens (tertiary/aromatic N) is 1. The van der Waals surface area contributed by atoms with E-state index in [9.17, 15) is 22.8 Å². The van der Waals surface area contributed by atoms with Crippen LogP contribution in [0.3, 0.4) is 0 Å². The highest BCUT2D eigenvalue weighted by molar-refractivity contribution is 5.77. The average molecular weight is 486 g/mol. The van der Waals surface area contributed by atoms with Gasteiger partial charge in [-0.25, -0.2) is 4.79 Å². The lowest BCUT2D eigenvalue weighted by Gasteiger charge is -2.23. The molecular weight excluding hydrogens is 459 g/mol. The Morgan fingerprint density at radius 1 is 1.03 bits per heavy atom. The number of halogens is 3. The number of urea groups is 1. The topological polar surface area (TPSA) is 80.3 Å². The summed E-state index contributed by atoms with van der Waals surface area (Å²) in [4.78, 5) is 28.4. The second kappa shape index (κ2) is 11.5. The van der Waals surface area contributed by atoms with Gasteiger partial charge >= 0.3 is 18.2 Å². The van der Waals surface area contributed by atoms with E-state index >= 15 is 0 Å². The third-order valence-corrected chi connectivity index (χ3v) is 5.45. The third-order valence-electron chi connectivity index (χ3n) is 5.45. The quantitative estimate of drug-likeness (QED) is 0.417. The van der Waals surface area contributed by atoms with Gasteiger partial charge in [0.2, 0.25) is 0 Å². The Morgan fingerprint density at radius 3 is 2.43 bits per heavy atom. The van der Waals surface area contributed by atoms with Crippen molar-refractivity contribution in [2.24, 2.45) is 0 Å². The normalized spacial score (nSPS) is 12.0. The number of rotatable bonds is 8. The number of carbonyl (C=O) groups is 2. The Hall–Kier alpha value is -3.88. The summed E-state index contributed by atoms with van der Waals surface area (Å²) < 4.78 is 45.3. The van der Waals surface area contributed by atoms with Gasteiger partial charge in [-0.3, -0.25) is 9.78 Å². The van der Waals surface area contributed by atoms with E-state index in [4.69, 9.17) is 0 Å². The van der Waals surface area contributed by atoms with E-state index in [-0.39, 0.29) is 13.0 Å². The number of esters is 1. The molecule has 9 heteroatoms. The van der Waals surface area contributed by atoms with Crippen molar-refractivity contribution in [2.75, 3.05) is 7.11 Å². The van der Waals surface area contributed by atoms with Crippen LogP contribution in [0.5, 0.6) is 0 Å². The van der Waals surface area contributed by atoms with Gasteiger partial charge in [-0.05, 0) is 46.9 Å². The molecule has 0 saturated heterocycles. The molecule has 2 aromatic carbocycles. The van der Waals surface area contributed by atoms with Crippen LogP contribution in [0, 0.1) is 0 Å². The summed E-state index contributed by atoms with van der Waals surface area (Å²) in [6.45, 7) is 2.05. The Bertz CT molecular complexity index is 1170. The van der Waals surface area contributed by atoms with E-state index in [1.807, 2.05) is 30.3 Å². The van der Waals surface area contributed by atoms with Crippen molar-refractivity contribution in [2.45, 2.75) is 38.5 Å². The molecule has 3 rings (SSSR count). The summed E-state index contributed by atoms with van der Waals surface area (Å²) in [5, 5.41) is 5.52. The van der Waals surface area contributed by atoms with Crippen molar-refractivity contribution in [1.29, 1.82) is 0 Å². The van der Waals surface area contributed by atoms with Crippen molar-refractivity contribution in [3.63, 3.8) is 0 Å². The fraction of sp³-hybridized carbons (Fsp3) is 0.269. The summed E-state index contributed by atoms with van der Waals surface area (Å²) in [7, 11) is 1.27. The lowest BCUT2D eigenvalue weighted by atomic mass is 9.91. The molecule has 184 valence electrons. The first-order valence-corrected chi connectivity index (χ1v) is 11.0. The van der Waals surface area contributed by atoms with E-state index in [1.54, 1.807) is 13.0 Å². The van der Waals surface area contributed by atoms with Crippen LogP contribution in [0.2, 0.25) is 0 Å². The molecule has 3 aromatic rings. The Morgan fingerprint density at radius 2 is 1.77 bits per heavy atom. The van der Waals surface area contributed by atoms with Crippen molar-refractivity contribution < 1.29 is 27.5 Å². The predicted octanol–water partition coefficient (Wildman–Crippen LogP) is 5.43. The third kappa shape index (κ3) is 7.05. The number of alkyl halides is 3. The van der Waals surface area contributed by atoms with Crippen molar-refractivity contribution in [1.82, 2.24) is 15.6 Å². The van der Waals surface area contributed by atoms with Crippen LogP contribution < -0.4 is 10.6 Å². The molecule has 1 unspecified atom stereocenters. The van der Waals surface area contributed by atoms with E-state index in [0.29, 0.717) is 28.7 Å². The minimum atomic E-state index is -4.55. The zero-order valence-electron chi connectivity index (χ0n) is 19.4. The fourth-order valence-corrected chi connectivity index (χ4v) is 3.65. The van der Waals surface area contributed by atoms with Crippen molar-refractivity contribution in [3.8, 4) is 11.1 Å². The van der Waals surface area contributed by atoms with E-state index < -0.39 is 29.8 Å². The molecule has 0 aliphatic rings. The minimum Gasteiger partial charge on any atom is -0.469 e. The van der Waals surface area contributed by atoms with E-state index in [0.717, 1.165) is 17.7 Å². The molecule has 0 bridgehead atoms. The number of carbonyl (C=O) groups excluding carboxylic acids is 2. The molecule has 2 amide bonds. The maximum absolute atomic E-state index is 13.5. The fourth-order valence-electron chi connectivity index (χ4n) is 3.65. The van der Waals surface area contributed by atoms with Crippen molar-refractivity contribution in [3.05, 3.63) is 89.2 Å². The summed E-state index contributed by atoms with van der Waals surface area (Å²) >= 11 is 0. The van der Waals surface area contributed by atoms with E-state index in [2.05, 4.69) is 20.4 Å². The number of hydrogen-bond donors (Lipinski definition) is 2. The van der Waals surface area contributed by atoms with Gasteiger partial charge < -0.3 is 15.4 Å². The molecule has 0 saturated carbocycles. The van der Waals surface area contributed by atoms with Crippen LogP contribution in [0.1, 0.15) is 41.6 Å². The molecule has 0 radical (unpaired) electrons.